The van der Waals surface area contributed by atoms with Crippen LogP contribution in [0.5, 0.6) is 0 Å². The van der Waals surface area contributed by atoms with E-state index in [0.717, 1.165) is 75.5 Å². The van der Waals surface area contributed by atoms with E-state index in [0.29, 0.717) is 22.0 Å². The van der Waals surface area contributed by atoms with Crippen molar-refractivity contribution in [2.75, 3.05) is 28.4 Å². The first-order chi connectivity index (χ1) is 26.0. The highest BCUT2D eigenvalue weighted by molar-refractivity contribution is 6.02. The number of benzene rings is 4. The molecule has 10 heteroatoms. The Labute approximate surface area is 307 Å². The van der Waals surface area contributed by atoms with Crippen LogP contribution in [0.1, 0.15) is 33.4 Å². The molecule has 3 aliphatic rings. The fourth-order valence-corrected chi connectivity index (χ4v) is 9.49. The fraction of sp³-hybridized carbons (Fsp3) is 0.273. The molecule has 0 radical (unpaired) electrons. The Kier molecular flexibility index (Phi) is 7.27. The second-order valence-corrected chi connectivity index (χ2v) is 14.6. The van der Waals surface area contributed by atoms with Gasteiger partial charge in [-0.25, -0.2) is 0 Å². The smallest absolute Gasteiger partial charge is 0.323 e. The molecule has 0 saturated heterocycles. The maximum atomic E-state index is 13.6. The molecule has 6 aromatic rings. The number of aryl methyl sites for hydroxylation is 2. The molecule has 9 rings (SSSR count). The minimum Gasteiger partial charge on any atom is -0.468 e. The first-order valence-corrected chi connectivity index (χ1v) is 17.7. The molecule has 54 heavy (non-hydrogen) atoms. The summed E-state index contributed by atoms with van der Waals surface area (Å²) in [6.07, 6.45) is 0.282. The molecular weight excluding hydrogens is 688 g/mol. The molecule has 2 heterocycles. The number of furan rings is 2. The molecule has 0 bridgehead atoms. The average Bonchev–Trinajstić information content (AvgIpc) is 3.98. The van der Waals surface area contributed by atoms with E-state index < -0.39 is 34.7 Å². The number of hydrogen-bond acceptors (Lipinski definition) is 10. The number of carbonyl (C=O) groups is 4. The second kappa shape index (κ2) is 11.7. The van der Waals surface area contributed by atoms with Crippen LogP contribution in [-0.4, -0.2) is 52.3 Å². The number of ether oxygens (including phenoxy) is 4. The minimum atomic E-state index is -1.59. The lowest BCUT2D eigenvalue weighted by atomic mass is 9.84. The molecule has 0 unspecified atom stereocenters. The molecule has 272 valence electrons. The minimum absolute atomic E-state index is 0.0387. The predicted octanol–water partition coefficient (Wildman–Crippen LogP) is 6.12. The van der Waals surface area contributed by atoms with Gasteiger partial charge in [0.2, 0.25) is 0 Å². The third-order valence-corrected chi connectivity index (χ3v) is 11.9. The number of fused-ring (bicyclic) bond motifs is 12. The average molecular weight is 725 g/mol. The van der Waals surface area contributed by atoms with Gasteiger partial charge in [0, 0.05) is 67.8 Å². The molecular formula is C44H36O10. The summed E-state index contributed by atoms with van der Waals surface area (Å²) in [4.78, 5) is 54.4. The lowest BCUT2D eigenvalue weighted by Crippen LogP contribution is -2.42. The van der Waals surface area contributed by atoms with Gasteiger partial charge < -0.3 is 27.8 Å². The number of para-hydroxylation sites is 2. The lowest BCUT2D eigenvalue weighted by Gasteiger charge is -2.22. The summed E-state index contributed by atoms with van der Waals surface area (Å²) in [6.45, 7) is 3.94. The zero-order chi connectivity index (χ0) is 37.8. The third kappa shape index (κ3) is 4.22. The monoisotopic (exact) mass is 724 g/mol. The summed E-state index contributed by atoms with van der Waals surface area (Å²) in [7, 11) is 5.12. The Morgan fingerprint density at radius 2 is 0.833 bits per heavy atom. The van der Waals surface area contributed by atoms with Gasteiger partial charge >= 0.3 is 23.9 Å². The van der Waals surface area contributed by atoms with Crippen LogP contribution in [0.3, 0.4) is 0 Å². The Morgan fingerprint density at radius 1 is 0.500 bits per heavy atom. The summed E-state index contributed by atoms with van der Waals surface area (Å²) < 4.78 is 34.9. The summed E-state index contributed by atoms with van der Waals surface area (Å²) in [6, 6.07) is 19.6. The maximum Gasteiger partial charge on any atom is 0.323 e. The van der Waals surface area contributed by atoms with Gasteiger partial charge in [-0.15, -0.1) is 0 Å². The van der Waals surface area contributed by atoms with Gasteiger partial charge in [-0.2, -0.15) is 0 Å². The third-order valence-electron chi connectivity index (χ3n) is 11.9. The van der Waals surface area contributed by atoms with Crippen molar-refractivity contribution in [2.45, 2.75) is 39.5 Å². The van der Waals surface area contributed by atoms with Gasteiger partial charge in [-0.05, 0) is 71.5 Å². The lowest BCUT2D eigenvalue weighted by molar-refractivity contribution is -0.170. The zero-order valence-electron chi connectivity index (χ0n) is 30.7. The van der Waals surface area contributed by atoms with Crippen molar-refractivity contribution in [1.29, 1.82) is 0 Å². The van der Waals surface area contributed by atoms with Crippen LogP contribution in [-0.2, 0) is 63.8 Å². The topological polar surface area (TPSA) is 131 Å². The number of rotatable bonds is 4. The Hall–Kier alpha value is -6.16. The van der Waals surface area contributed by atoms with Crippen molar-refractivity contribution in [1.82, 2.24) is 0 Å². The zero-order valence-corrected chi connectivity index (χ0v) is 30.7. The van der Waals surface area contributed by atoms with E-state index in [2.05, 4.69) is 12.1 Å². The van der Waals surface area contributed by atoms with E-state index in [-0.39, 0.29) is 25.7 Å². The van der Waals surface area contributed by atoms with Crippen molar-refractivity contribution >= 4 is 45.8 Å². The largest absolute Gasteiger partial charge is 0.468 e. The van der Waals surface area contributed by atoms with Gasteiger partial charge in [-0.1, -0.05) is 36.4 Å². The second-order valence-electron chi connectivity index (χ2n) is 14.6. The van der Waals surface area contributed by atoms with Crippen LogP contribution in [0.2, 0.25) is 0 Å². The molecule has 0 saturated carbocycles. The van der Waals surface area contributed by atoms with Crippen LogP contribution in [0, 0.1) is 66.8 Å². The highest BCUT2D eigenvalue weighted by Gasteiger charge is 2.54. The standard InChI is InChI=1S/C44H36O10/c1-21-15-25-33(29-19-43(17-27(21)29,39(45)49-3)40(46)50-4)35-23-11-7-10-14-32(23)54-38(35)26-16-22(2)28-18-44(41(47)51-5,42(48)52-6)20-30(28)34(26)36-24-12-8-9-13-31(24)53-37(25)36/h7-16H,17-20H2,1-6H3/b35-33+,36-34+,37-25+,38-26+. The molecule has 4 aromatic carbocycles. The number of methoxy groups -OCH3 is 4. The summed E-state index contributed by atoms with van der Waals surface area (Å²) in [5, 5.41) is 6.28. The van der Waals surface area contributed by atoms with Crippen molar-refractivity contribution in [3.63, 3.8) is 0 Å². The Morgan fingerprint density at radius 3 is 1.19 bits per heavy atom. The van der Waals surface area contributed by atoms with E-state index in [1.807, 2.05) is 62.4 Å². The van der Waals surface area contributed by atoms with Gasteiger partial charge in [0.25, 0.3) is 0 Å². The highest BCUT2D eigenvalue weighted by Crippen LogP contribution is 2.45. The molecule has 0 atom stereocenters. The maximum absolute atomic E-state index is 13.6. The van der Waals surface area contributed by atoms with Crippen LogP contribution in [0.4, 0.5) is 0 Å². The fourth-order valence-electron chi connectivity index (χ4n) is 9.49. The van der Waals surface area contributed by atoms with Crippen LogP contribution >= 0.6 is 0 Å². The first-order valence-electron chi connectivity index (χ1n) is 17.7. The molecule has 2 aromatic heterocycles. The molecule has 3 aliphatic carbocycles. The molecule has 0 N–H and O–H groups in total. The summed E-state index contributed by atoms with van der Waals surface area (Å²) in [5.74, 6) is -2.66. The Balaban J connectivity index is 1.63. The Bertz CT molecular complexity index is 2870. The number of hydrogen-bond donors (Lipinski definition) is 0. The normalized spacial score (nSPS) is 18.2. The summed E-state index contributed by atoms with van der Waals surface area (Å²) >= 11 is 0. The van der Waals surface area contributed by atoms with Crippen molar-refractivity contribution in [3.05, 3.63) is 136 Å². The van der Waals surface area contributed by atoms with Crippen molar-refractivity contribution in [2.24, 2.45) is 10.8 Å². The molecule has 0 spiro atoms. The SMILES string of the molecule is COC(=O)C1(C(=O)OC)Cc2c(C)cc3/c(c2C1)=c1\c(oc2ccccc12)=c1\cc(C)c2c(\c1=c1\c=3oc3ccccc13)CC(C(=O)OC)(C(=O)OC)C2. The van der Waals surface area contributed by atoms with Crippen LogP contribution in [0.15, 0.2) is 69.5 Å². The van der Waals surface area contributed by atoms with E-state index >= 15 is 0 Å². The van der Waals surface area contributed by atoms with E-state index in [1.54, 1.807) is 0 Å². The number of esters is 4. The van der Waals surface area contributed by atoms with Gasteiger partial charge in [0.05, 0.1) is 28.4 Å². The predicted molar refractivity (Wildman–Crippen MR) is 193 cm³/mol. The first kappa shape index (κ1) is 33.7. The molecule has 10 nitrogen and oxygen atoms in total. The van der Waals surface area contributed by atoms with Gasteiger partial charge in [-0.3, -0.25) is 19.2 Å². The van der Waals surface area contributed by atoms with Crippen LogP contribution < -0.4 is 0 Å². The summed E-state index contributed by atoms with van der Waals surface area (Å²) in [5.41, 5.74) is 4.27. The highest BCUT2D eigenvalue weighted by atomic mass is 16.6. The van der Waals surface area contributed by atoms with E-state index in [9.17, 15) is 19.2 Å². The van der Waals surface area contributed by atoms with Gasteiger partial charge in [0.15, 0.2) is 10.8 Å². The van der Waals surface area contributed by atoms with Crippen molar-refractivity contribution < 1.29 is 47.0 Å². The van der Waals surface area contributed by atoms with E-state index in [4.69, 9.17) is 27.8 Å². The number of carbonyl (C=O) groups excluding carboxylic acids is 4. The van der Waals surface area contributed by atoms with Crippen LogP contribution in [0.25, 0.3) is 21.9 Å². The molecule has 0 aliphatic heterocycles. The van der Waals surface area contributed by atoms with E-state index in [1.165, 1.54) is 28.4 Å². The quantitative estimate of drug-likeness (QED) is 0.119. The molecule has 0 amide bonds. The van der Waals surface area contributed by atoms with Gasteiger partial charge in [0.1, 0.15) is 22.0 Å². The van der Waals surface area contributed by atoms with Crippen molar-refractivity contribution in [3.8, 4) is 0 Å². The molecule has 0 fully saturated rings.